The van der Waals surface area contributed by atoms with Crippen LogP contribution in [-0.4, -0.2) is 0 Å². The van der Waals surface area contributed by atoms with Crippen molar-refractivity contribution in [3.8, 4) is 5.75 Å². The summed E-state index contributed by atoms with van der Waals surface area (Å²) in [5.74, 6) is 0.872. The van der Waals surface area contributed by atoms with Gasteiger partial charge in [-0.1, -0.05) is 11.6 Å². The van der Waals surface area contributed by atoms with Crippen LogP contribution in [0.5, 0.6) is 5.75 Å². The minimum atomic E-state index is 0.577. The molecule has 0 saturated carbocycles. The van der Waals surface area contributed by atoms with E-state index in [1.54, 1.807) is 11.3 Å². The Balaban J connectivity index is 2.02. The van der Waals surface area contributed by atoms with E-state index in [9.17, 15) is 0 Å². The quantitative estimate of drug-likeness (QED) is 0.916. The number of hydrogen-bond acceptors (Lipinski definition) is 3. The van der Waals surface area contributed by atoms with E-state index in [1.165, 1.54) is 9.75 Å². The lowest BCUT2D eigenvalue weighted by Gasteiger charge is -2.07. The third kappa shape index (κ3) is 3.22. The Labute approximate surface area is 110 Å². The molecule has 0 atom stereocenters. The first-order chi connectivity index (χ1) is 8.19. The number of rotatable bonds is 4. The van der Waals surface area contributed by atoms with Gasteiger partial charge in [0, 0.05) is 21.3 Å². The maximum absolute atomic E-state index is 5.89. The molecule has 0 bridgehead atoms. The van der Waals surface area contributed by atoms with Gasteiger partial charge in [0.1, 0.15) is 12.4 Å². The van der Waals surface area contributed by atoms with Crippen LogP contribution in [0.1, 0.15) is 15.3 Å². The molecule has 0 spiro atoms. The summed E-state index contributed by atoms with van der Waals surface area (Å²) >= 11 is 7.57. The molecule has 0 amide bonds. The third-order valence-corrected chi connectivity index (χ3v) is 3.74. The van der Waals surface area contributed by atoms with Crippen molar-refractivity contribution in [2.24, 2.45) is 5.73 Å². The highest BCUT2D eigenvalue weighted by atomic mass is 35.5. The Kier molecular flexibility index (Phi) is 4.05. The zero-order valence-electron chi connectivity index (χ0n) is 9.57. The van der Waals surface area contributed by atoms with Gasteiger partial charge in [-0.3, -0.25) is 0 Å². The summed E-state index contributed by atoms with van der Waals surface area (Å²) < 4.78 is 5.75. The minimum absolute atomic E-state index is 0.577. The summed E-state index contributed by atoms with van der Waals surface area (Å²) in [5, 5.41) is 0.733. The van der Waals surface area contributed by atoms with Gasteiger partial charge in [-0.25, -0.2) is 0 Å². The van der Waals surface area contributed by atoms with Crippen LogP contribution in [0.4, 0.5) is 0 Å². The fourth-order valence-corrected chi connectivity index (χ4v) is 2.57. The van der Waals surface area contributed by atoms with Crippen molar-refractivity contribution < 1.29 is 4.74 Å². The molecule has 0 fully saturated rings. The average Bonchev–Trinajstić information content (AvgIpc) is 2.76. The molecular weight excluding hydrogens is 254 g/mol. The second-order valence-corrected chi connectivity index (χ2v) is 5.46. The van der Waals surface area contributed by atoms with Gasteiger partial charge in [-0.05, 0) is 42.8 Å². The molecule has 90 valence electrons. The topological polar surface area (TPSA) is 35.2 Å². The van der Waals surface area contributed by atoms with Crippen molar-refractivity contribution in [3.05, 3.63) is 50.7 Å². The molecule has 1 heterocycles. The van der Waals surface area contributed by atoms with Crippen molar-refractivity contribution in [1.29, 1.82) is 0 Å². The van der Waals surface area contributed by atoms with Gasteiger partial charge in [0.15, 0.2) is 0 Å². The van der Waals surface area contributed by atoms with Crippen LogP contribution in [0.2, 0.25) is 5.02 Å². The number of ether oxygens (including phenoxy) is 1. The summed E-state index contributed by atoms with van der Waals surface area (Å²) in [6, 6.07) is 9.73. The van der Waals surface area contributed by atoms with Crippen molar-refractivity contribution in [2.75, 3.05) is 0 Å². The Morgan fingerprint density at radius 3 is 2.65 bits per heavy atom. The molecule has 0 aliphatic carbocycles. The highest BCUT2D eigenvalue weighted by Gasteiger charge is 2.03. The average molecular weight is 268 g/mol. The van der Waals surface area contributed by atoms with Crippen LogP contribution in [0, 0.1) is 6.92 Å². The third-order valence-electron chi connectivity index (χ3n) is 2.43. The van der Waals surface area contributed by atoms with Gasteiger partial charge in [0.25, 0.3) is 0 Å². The van der Waals surface area contributed by atoms with E-state index >= 15 is 0 Å². The van der Waals surface area contributed by atoms with E-state index in [2.05, 4.69) is 6.07 Å². The molecule has 0 radical (unpaired) electrons. The van der Waals surface area contributed by atoms with Crippen molar-refractivity contribution in [1.82, 2.24) is 0 Å². The first kappa shape index (κ1) is 12.4. The lowest BCUT2D eigenvalue weighted by atomic mass is 10.2. The fraction of sp³-hybridized carbons (Fsp3) is 0.231. The Morgan fingerprint density at radius 1 is 1.24 bits per heavy atom. The molecule has 2 nitrogen and oxygen atoms in total. The summed E-state index contributed by atoms with van der Waals surface area (Å²) in [7, 11) is 0. The number of aryl methyl sites for hydroxylation is 1. The SMILES string of the molecule is Cc1cc(Cl)ccc1OCc1ccc(CN)s1. The molecule has 4 heteroatoms. The second-order valence-electron chi connectivity index (χ2n) is 3.77. The van der Waals surface area contributed by atoms with E-state index < -0.39 is 0 Å². The Morgan fingerprint density at radius 2 is 2.00 bits per heavy atom. The minimum Gasteiger partial charge on any atom is -0.488 e. The second kappa shape index (κ2) is 5.54. The number of thiophene rings is 1. The lowest BCUT2D eigenvalue weighted by Crippen LogP contribution is -1.95. The molecule has 0 aliphatic heterocycles. The van der Waals surface area contributed by atoms with Gasteiger partial charge < -0.3 is 10.5 Å². The van der Waals surface area contributed by atoms with Gasteiger partial charge >= 0.3 is 0 Å². The standard InChI is InChI=1S/C13H14ClNOS/c1-9-6-10(14)2-5-13(9)16-8-12-4-3-11(7-15)17-12/h2-6H,7-8,15H2,1H3. The predicted octanol–water partition coefficient (Wildman–Crippen LogP) is 3.75. The summed E-state index contributed by atoms with van der Waals surface area (Å²) in [5.41, 5.74) is 6.62. The van der Waals surface area contributed by atoms with Crippen molar-refractivity contribution >= 4 is 22.9 Å². The van der Waals surface area contributed by atoms with Crippen molar-refractivity contribution in [3.63, 3.8) is 0 Å². The zero-order chi connectivity index (χ0) is 12.3. The largest absolute Gasteiger partial charge is 0.488 e. The smallest absolute Gasteiger partial charge is 0.122 e. The highest BCUT2D eigenvalue weighted by molar-refractivity contribution is 7.11. The van der Waals surface area contributed by atoms with Gasteiger partial charge in [-0.2, -0.15) is 0 Å². The van der Waals surface area contributed by atoms with Crippen LogP contribution in [0.15, 0.2) is 30.3 Å². The van der Waals surface area contributed by atoms with E-state index in [0.29, 0.717) is 13.2 Å². The molecule has 2 N–H and O–H groups in total. The summed E-state index contributed by atoms with van der Waals surface area (Å²) in [6.07, 6.45) is 0. The number of benzene rings is 1. The Bertz CT molecular complexity index is 510. The number of hydrogen-bond donors (Lipinski definition) is 1. The maximum atomic E-state index is 5.89. The zero-order valence-corrected chi connectivity index (χ0v) is 11.1. The monoisotopic (exact) mass is 267 g/mol. The van der Waals surface area contributed by atoms with E-state index in [0.717, 1.165) is 16.3 Å². The fourth-order valence-electron chi connectivity index (χ4n) is 1.53. The molecule has 0 saturated heterocycles. The normalized spacial score (nSPS) is 10.5. The lowest BCUT2D eigenvalue weighted by molar-refractivity contribution is 0.307. The van der Waals surface area contributed by atoms with E-state index in [4.69, 9.17) is 22.1 Å². The van der Waals surface area contributed by atoms with Crippen LogP contribution < -0.4 is 10.5 Å². The molecule has 17 heavy (non-hydrogen) atoms. The van der Waals surface area contributed by atoms with Gasteiger partial charge in [0.05, 0.1) is 0 Å². The van der Waals surface area contributed by atoms with E-state index in [-0.39, 0.29) is 0 Å². The first-order valence-corrected chi connectivity index (χ1v) is 6.55. The molecule has 0 unspecified atom stereocenters. The maximum Gasteiger partial charge on any atom is 0.122 e. The van der Waals surface area contributed by atoms with E-state index in [1.807, 2.05) is 31.2 Å². The number of nitrogens with two attached hydrogens (primary N) is 1. The molecular formula is C13H14ClNOS. The molecule has 2 rings (SSSR count). The Hall–Kier alpha value is -1.03. The summed E-state index contributed by atoms with van der Waals surface area (Å²) in [4.78, 5) is 2.36. The molecule has 2 aromatic rings. The first-order valence-electron chi connectivity index (χ1n) is 5.35. The van der Waals surface area contributed by atoms with Crippen LogP contribution in [-0.2, 0) is 13.2 Å². The van der Waals surface area contributed by atoms with Crippen LogP contribution in [0.25, 0.3) is 0 Å². The predicted molar refractivity (Wildman–Crippen MR) is 72.7 cm³/mol. The van der Waals surface area contributed by atoms with Gasteiger partial charge in [-0.15, -0.1) is 11.3 Å². The van der Waals surface area contributed by atoms with Crippen LogP contribution in [0.3, 0.4) is 0 Å². The van der Waals surface area contributed by atoms with Gasteiger partial charge in [0.2, 0.25) is 0 Å². The molecule has 1 aromatic heterocycles. The highest BCUT2D eigenvalue weighted by Crippen LogP contribution is 2.24. The van der Waals surface area contributed by atoms with Crippen LogP contribution >= 0.6 is 22.9 Å². The molecule has 0 aliphatic rings. The summed E-state index contributed by atoms with van der Waals surface area (Å²) in [6.45, 7) is 3.15. The van der Waals surface area contributed by atoms with Crippen molar-refractivity contribution in [2.45, 2.75) is 20.1 Å². The number of halogens is 1. The molecule has 1 aromatic carbocycles.